The third-order valence-corrected chi connectivity index (χ3v) is 5.43. The third-order valence-electron chi connectivity index (χ3n) is 5.43. The van der Waals surface area contributed by atoms with Crippen LogP contribution in [0.4, 0.5) is 0 Å². The predicted octanol–water partition coefficient (Wildman–Crippen LogP) is 2.65. The van der Waals surface area contributed by atoms with Crippen LogP contribution in [-0.2, 0) is 20.7 Å². The van der Waals surface area contributed by atoms with Gasteiger partial charge in [-0.15, -0.1) is 0 Å². The van der Waals surface area contributed by atoms with Crippen molar-refractivity contribution in [2.75, 3.05) is 26.7 Å². The fourth-order valence-electron chi connectivity index (χ4n) is 3.51. The van der Waals surface area contributed by atoms with Crippen molar-refractivity contribution < 1.29 is 14.3 Å². The van der Waals surface area contributed by atoms with E-state index in [1.807, 2.05) is 19.9 Å². The molecule has 0 aromatic heterocycles. The van der Waals surface area contributed by atoms with Crippen LogP contribution in [0.1, 0.15) is 38.7 Å². The molecule has 0 radical (unpaired) electrons. The van der Waals surface area contributed by atoms with Gasteiger partial charge >= 0.3 is 5.97 Å². The van der Waals surface area contributed by atoms with Crippen molar-refractivity contribution in [2.45, 2.75) is 45.6 Å². The van der Waals surface area contributed by atoms with Gasteiger partial charge in [0, 0.05) is 0 Å². The first-order chi connectivity index (χ1) is 12.5. The Balaban J connectivity index is 1.77. The van der Waals surface area contributed by atoms with Crippen LogP contribution in [0.3, 0.4) is 0 Å². The van der Waals surface area contributed by atoms with Crippen LogP contribution in [-0.4, -0.2) is 49.6 Å². The van der Waals surface area contributed by atoms with Crippen molar-refractivity contribution >= 4 is 11.9 Å². The van der Waals surface area contributed by atoms with E-state index >= 15 is 0 Å². The average molecular weight is 360 g/mol. The molecular weight excluding hydrogens is 328 g/mol. The van der Waals surface area contributed by atoms with Crippen molar-refractivity contribution in [1.29, 1.82) is 0 Å². The largest absolute Gasteiger partial charge is 0.467 e. The Morgan fingerprint density at radius 2 is 1.88 bits per heavy atom. The van der Waals surface area contributed by atoms with Gasteiger partial charge in [-0.05, 0) is 49.8 Å². The number of methoxy groups -OCH3 is 1. The normalized spacial score (nSPS) is 18.1. The number of piperidine rings is 1. The summed E-state index contributed by atoms with van der Waals surface area (Å²) in [5.41, 5.74) is 1.39. The van der Waals surface area contributed by atoms with Crippen LogP contribution in [0.15, 0.2) is 30.3 Å². The minimum atomic E-state index is -0.562. The van der Waals surface area contributed by atoms with E-state index in [1.54, 1.807) is 0 Å². The fourth-order valence-corrected chi connectivity index (χ4v) is 3.51. The molecular formula is C21H32N2O3. The van der Waals surface area contributed by atoms with Gasteiger partial charge < -0.3 is 10.1 Å². The molecule has 1 aromatic carbocycles. The van der Waals surface area contributed by atoms with Gasteiger partial charge in [0.2, 0.25) is 5.91 Å². The molecule has 0 spiro atoms. The van der Waals surface area contributed by atoms with E-state index in [2.05, 4.69) is 34.5 Å². The molecule has 0 aliphatic carbocycles. The Bertz CT molecular complexity index is 568. The van der Waals surface area contributed by atoms with Crippen molar-refractivity contribution in [3.05, 3.63) is 35.9 Å². The molecule has 0 unspecified atom stereocenters. The minimum Gasteiger partial charge on any atom is -0.467 e. The number of hydrogen-bond acceptors (Lipinski definition) is 4. The summed E-state index contributed by atoms with van der Waals surface area (Å²) in [6, 6.07) is 10.0. The third kappa shape index (κ3) is 6.13. The molecule has 1 aliphatic rings. The summed E-state index contributed by atoms with van der Waals surface area (Å²) in [6.07, 6.45) is 4.13. The zero-order valence-electron chi connectivity index (χ0n) is 16.2. The van der Waals surface area contributed by atoms with E-state index in [0.717, 1.165) is 38.8 Å². The second-order valence-corrected chi connectivity index (χ2v) is 7.36. The lowest BCUT2D eigenvalue weighted by molar-refractivity contribution is -0.146. The van der Waals surface area contributed by atoms with Gasteiger partial charge in [-0.3, -0.25) is 9.69 Å². The number of esters is 1. The van der Waals surface area contributed by atoms with E-state index in [-0.39, 0.29) is 17.8 Å². The first-order valence-corrected chi connectivity index (χ1v) is 9.67. The number of carbonyl (C=O) groups excluding carboxylic acids is 2. The van der Waals surface area contributed by atoms with Crippen molar-refractivity contribution in [3.63, 3.8) is 0 Å². The molecule has 1 saturated heterocycles. The summed E-state index contributed by atoms with van der Waals surface area (Å²) in [7, 11) is 1.36. The number of benzene rings is 1. The van der Waals surface area contributed by atoms with Crippen LogP contribution in [0, 0.1) is 11.8 Å². The van der Waals surface area contributed by atoms with Crippen molar-refractivity contribution in [3.8, 4) is 0 Å². The molecule has 5 heteroatoms. The predicted molar refractivity (Wildman–Crippen MR) is 103 cm³/mol. The molecule has 1 N–H and O–H groups in total. The van der Waals surface area contributed by atoms with E-state index in [4.69, 9.17) is 4.74 Å². The second kappa shape index (κ2) is 10.3. The molecule has 0 saturated carbocycles. The van der Waals surface area contributed by atoms with E-state index in [0.29, 0.717) is 12.5 Å². The molecule has 26 heavy (non-hydrogen) atoms. The summed E-state index contributed by atoms with van der Waals surface area (Å²) in [6.45, 7) is 6.16. The highest BCUT2D eigenvalue weighted by Crippen LogP contribution is 2.21. The molecule has 1 fully saturated rings. The summed E-state index contributed by atoms with van der Waals surface area (Å²) in [4.78, 5) is 26.5. The van der Waals surface area contributed by atoms with E-state index in [1.165, 1.54) is 12.7 Å². The number of nitrogens with one attached hydrogen (secondary N) is 1. The maximum atomic E-state index is 12.4. The smallest absolute Gasteiger partial charge is 0.328 e. The highest BCUT2D eigenvalue weighted by molar-refractivity contribution is 5.85. The van der Waals surface area contributed by atoms with Crippen molar-refractivity contribution in [2.24, 2.45) is 11.8 Å². The second-order valence-electron chi connectivity index (χ2n) is 7.36. The molecule has 5 nitrogen and oxygen atoms in total. The topological polar surface area (TPSA) is 58.6 Å². The molecule has 1 aromatic rings. The van der Waals surface area contributed by atoms with Gasteiger partial charge in [0.15, 0.2) is 0 Å². The highest BCUT2D eigenvalue weighted by Gasteiger charge is 2.28. The first kappa shape index (κ1) is 20.4. The minimum absolute atomic E-state index is 0.0583. The lowest BCUT2D eigenvalue weighted by Gasteiger charge is -2.32. The summed E-state index contributed by atoms with van der Waals surface area (Å²) >= 11 is 0. The molecule has 144 valence electrons. The number of ether oxygens (including phenoxy) is 1. The molecule has 0 bridgehead atoms. The van der Waals surface area contributed by atoms with Crippen LogP contribution in [0.25, 0.3) is 0 Å². The number of carbonyl (C=O) groups is 2. The van der Waals surface area contributed by atoms with Gasteiger partial charge in [-0.2, -0.15) is 0 Å². The van der Waals surface area contributed by atoms with Gasteiger partial charge in [0.1, 0.15) is 6.04 Å². The Hall–Kier alpha value is -1.88. The Kier molecular flexibility index (Phi) is 8.10. The number of nitrogens with zero attached hydrogens (tertiary/aromatic N) is 1. The standard InChI is InChI=1S/C21H32N2O3/c1-4-16(2)20(21(25)26-3)22-19(24)15-23-12-10-18(11-13-23)14-17-8-6-5-7-9-17/h5-9,16,18,20H,4,10-15H2,1-3H3,(H,22,24)/t16-,20-/m0/s1. The van der Waals surface area contributed by atoms with Gasteiger partial charge in [-0.25, -0.2) is 4.79 Å². The van der Waals surface area contributed by atoms with Crippen LogP contribution < -0.4 is 5.32 Å². The SMILES string of the molecule is CC[C@H](C)[C@H](NC(=O)CN1CCC(Cc2ccccc2)CC1)C(=O)OC. The quantitative estimate of drug-likeness (QED) is 0.724. The fraction of sp³-hybridized carbons (Fsp3) is 0.619. The zero-order chi connectivity index (χ0) is 18.9. The highest BCUT2D eigenvalue weighted by atomic mass is 16.5. The first-order valence-electron chi connectivity index (χ1n) is 9.67. The summed E-state index contributed by atoms with van der Waals surface area (Å²) in [5, 5.41) is 2.86. The lowest BCUT2D eigenvalue weighted by Crippen LogP contribution is -2.50. The summed E-state index contributed by atoms with van der Waals surface area (Å²) in [5.74, 6) is 0.277. The molecule has 2 atom stereocenters. The Labute approximate surface area is 157 Å². The zero-order valence-corrected chi connectivity index (χ0v) is 16.2. The number of amides is 1. The van der Waals surface area contributed by atoms with Crippen LogP contribution in [0.5, 0.6) is 0 Å². The number of rotatable bonds is 8. The maximum absolute atomic E-state index is 12.4. The number of likely N-dealkylation sites (tertiary alicyclic amines) is 1. The molecule has 1 aliphatic heterocycles. The van der Waals surface area contributed by atoms with Crippen LogP contribution >= 0.6 is 0 Å². The molecule has 1 amide bonds. The monoisotopic (exact) mass is 360 g/mol. The molecule has 1 heterocycles. The van der Waals surface area contributed by atoms with Gasteiger partial charge in [0.05, 0.1) is 13.7 Å². The maximum Gasteiger partial charge on any atom is 0.328 e. The average Bonchev–Trinajstić information content (AvgIpc) is 2.67. The van der Waals surface area contributed by atoms with E-state index < -0.39 is 6.04 Å². The summed E-state index contributed by atoms with van der Waals surface area (Å²) < 4.78 is 4.83. The van der Waals surface area contributed by atoms with Crippen LogP contribution in [0.2, 0.25) is 0 Å². The Morgan fingerprint density at radius 3 is 2.46 bits per heavy atom. The molecule has 2 rings (SSSR count). The van der Waals surface area contributed by atoms with Crippen molar-refractivity contribution in [1.82, 2.24) is 10.2 Å². The number of hydrogen-bond donors (Lipinski definition) is 1. The van der Waals surface area contributed by atoms with E-state index in [9.17, 15) is 9.59 Å². The van der Waals surface area contributed by atoms with Gasteiger partial charge in [0.25, 0.3) is 0 Å². The van der Waals surface area contributed by atoms with Gasteiger partial charge in [-0.1, -0.05) is 50.6 Å². The Morgan fingerprint density at radius 1 is 1.23 bits per heavy atom. The lowest BCUT2D eigenvalue weighted by atomic mass is 9.90.